The highest BCUT2D eigenvalue weighted by molar-refractivity contribution is 5.94. The number of carbonyl (C=O) groups excluding carboxylic acids is 2. The summed E-state index contributed by atoms with van der Waals surface area (Å²) in [6.45, 7) is 0. The van der Waals surface area contributed by atoms with Crippen molar-refractivity contribution in [3.8, 4) is 0 Å². The van der Waals surface area contributed by atoms with E-state index in [1.54, 1.807) is 18.2 Å². The Hall–Kier alpha value is -1.91. The van der Waals surface area contributed by atoms with Crippen LogP contribution in [0.5, 0.6) is 0 Å². The molecule has 1 aliphatic rings. The maximum atomic E-state index is 12.5. The summed E-state index contributed by atoms with van der Waals surface area (Å²) in [6.07, 6.45) is 13.4. The molecule has 1 saturated carbocycles. The summed E-state index contributed by atoms with van der Waals surface area (Å²) in [7, 11) is 1.31. The van der Waals surface area contributed by atoms with Crippen molar-refractivity contribution in [2.45, 2.75) is 76.7 Å². The monoisotopic (exact) mass is 346 g/mol. The molecule has 2 rings (SSSR count). The number of aromatic nitrogens is 1. The summed E-state index contributed by atoms with van der Waals surface area (Å²) in [5.74, 6) is -0.733. The number of methoxy groups -OCH3 is 1. The molecule has 0 bridgehead atoms. The lowest BCUT2D eigenvalue weighted by Crippen LogP contribution is -2.35. The number of hydrogen-bond donors (Lipinski definition) is 1. The molecule has 138 valence electrons. The van der Waals surface area contributed by atoms with Crippen LogP contribution in [0.2, 0.25) is 0 Å². The van der Waals surface area contributed by atoms with Gasteiger partial charge in [-0.15, -0.1) is 0 Å². The summed E-state index contributed by atoms with van der Waals surface area (Å²) in [6, 6.07) is 5.04. The van der Waals surface area contributed by atoms with Crippen molar-refractivity contribution >= 4 is 11.9 Å². The van der Waals surface area contributed by atoms with Gasteiger partial charge < -0.3 is 10.1 Å². The smallest absolute Gasteiger partial charge is 0.356 e. The summed E-state index contributed by atoms with van der Waals surface area (Å²) in [5.41, 5.74) is 0.433. The van der Waals surface area contributed by atoms with Gasteiger partial charge in [-0.25, -0.2) is 9.78 Å². The average Bonchev–Trinajstić information content (AvgIpc) is 2.63. The van der Waals surface area contributed by atoms with Crippen LogP contribution in [-0.2, 0) is 4.74 Å². The molecule has 0 radical (unpaired) electrons. The van der Waals surface area contributed by atoms with Crippen LogP contribution in [0.15, 0.2) is 18.2 Å². The molecule has 1 N–H and O–H groups in total. The number of nitrogens with zero attached hydrogens (tertiary/aromatic N) is 1. The number of carbonyl (C=O) groups is 2. The van der Waals surface area contributed by atoms with Crippen molar-refractivity contribution in [3.63, 3.8) is 0 Å². The third kappa shape index (κ3) is 6.85. The second kappa shape index (κ2) is 10.9. The lowest BCUT2D eigenvalue weighted by atomic mass is 9.98. The highest BCUT2D eigenvalue weighted by atomic mass is 16.5. The Morgan fingerprint density at radius 1 is 0.920 bits per heavy atom. The van der Waals surface area contributed by atoms with Gasteiger partial charge in [0.25, 0.3) is 5.91 Å². The maximum Gasteiger partial charge on any atom is 0.356 e. The quantitative estimate of drug-likeness (QED) is 0.830. The Morgan fingerprint density at radius 3 is 2.00 bits per heavy atom. The van der Waals surface area contributed by atoms with Gasteiger partial charge in [-0.3, -0.25) is 4.79 Å². The number of hydrogen-bond acceptors (Lipinski definition) is 4. The highest BCUT2D eigenvalue weighted by Gasteiger charge is 2.16. The largest absolute Gasteiger partial charge is 0.464 e. The SMILES string of the molecule is COC(=O)c1cccc(C(=O)NC2CCCCCCCCCCC2)n1. The predicted molar refractivity (Wildman–Crippen MR) is 97.6 cm³/mol. The number of ether oxygens (including phenoxy) is 1. The molecule has 5 nitrogen and oxygen atoms in total. The standard InChI is InChI=1S/C20H30N2O3/c1-25-20(24)18-15-11-14-17(22-18)19(23)21-16-12-9-7-5-3-2-4-6-8-10-13-16/h11,14-16H,2-10,12-13H2,1H3,(H,21,23). The molecule has 0 atom stereocenters. The van der Waals surface area contributed by atoms with Gasteiger partial charge in [0.05, 0.1) is 7.11 Å². The lowest BCUT2D eigenvalue weighted by Gasteiger charge is -2.19. The van der Waals surface area contributed by atoms with Gasteiger partial charge in [0.1, 0.15) is 11.4 Å². The molecular weight excluding hydrogens is 316 g/mol. The summed E-state index contributed by atoms with van der Waals surface area (Å²) >= 11 is 0. The second-order valence-corrected chi connectivity index (χ2v) is 6.83. The number of rotatable bonds is 3. The molecule has 1 amide bonds. The third-order valence-corrected chi connectivity index (χ3v) is 4.82. The van der Waals surface area contributed by atoms with Crippen molar-refractivity contribution in [2.75, 3.05) is 7.11 Å². The van der Waals surface area contributed by atoms with Gasteiger partial charge >= 0.3 is 5.97 Å². The van der Waals surface area contributed by atoms with E-state index in [1.165, 1.54) is 52.1 Å². The minimum Gasteiger partial charge on any atom is -0.464 e. The van der Waals surface area contributed by atoms with Crippen LogP contribution in [0.4, 0.5) is 0 Å². The van der Waals surface area contributed by atoms with E-state index in [4.69, 9.17) is 0 Å². The minimum absolute atomic E-state index is 0.161. The summed E-state index contributed by atoms with van der Waals surface area (Å²) in [5, 5.41) is 3.12. The zero-order valence-corrected chi connectivity index (χ0v) is 15.3. The zero-order valence-electron chi connectivity index (χ0n) is 15.3. The molecule has 0 aliphatic heterocycles. The maximum absolute atomic E-state index is 12.5. The second-order valence-electron chi connectivity index (χ2n) is 6.83. The summed E-state index contributed by atoms with van der Waals surface area (Å²) in [4.78, 5) is 28.2. The van der Waals surface area contributed by atoms with E-state index >= 15 is 0 Å². The molecule has 5 heteroatoms. The highest BCUT2D eigenvalue weighted by Crippen LogP contribution is 2.17. The molecule has 0 saturated heterocycles. The Labute approximate surface area is 150 Å². The summed E-state index contributed by atoms with van der Waals surface area (Å²) < 4.78 is 4.67. The van der Waals surface area contributed by atoms with Gasteiger partial charge in [-0.1, -0.05) is 63.9 Å². The van der Waals surface area contributed by atoms with Crippen molar-refractivity contribution in [1.82, 2.24) is 10.3 Å². The van der Waals surface area contributed by atoms with Gasteiger partial charge in [-0.05, 0) is 25.0 Å². The van der Waals surface area contributed by atoms with Gasteiger partial charge in [0.2, 0.25) is 0 Å². The zero-order chi connectivity index (χ0) is 17.9. The number of nitrogens with one attached hydrogen (secondary N) is 1. The Balaban J connectivity index is 1.94. The average molecular weight is 346 g/mol. The van der Waals surface area contributed by atoms with Crippen molar-refractivity contribution in [2.24, 2.45) is 0 Å². The first-order valence-electron chi connectivity index (χ1n) is 9.57. The molecule has 1 aliphatic carbocycles. The fourth-order valence-electron chi connectivity index (χ4n) is 3.35. The van der Waals surface area contributed by atoms with Crippen molar-refractivity contribution in [3.05, 3.63) is 29.6 Å². The number of pyridine rings is 1. The van der Waals surface area contributed by atoms with Crippen LogP contribution < -0.4 is 5.32 Å². The molecule has 0 unspecified atom stereocenters. The van der Waals surface area contributed by atoms with E-state index in [0.29, 0.717) is 0 Å². The fraction of sp³-hybridized carbons (Fsp3) is 0.650. The first-order chi connectivity index (χ1) is 12.2. The molecule has 1 heterocycles. The van der Waals surface area contributed by atoms with E-state index in [2.05, 4.69) is 15.0 Å². The van der Waals surface area contributed by atoms with E-state index in [9.17, 15) is 9.59 Å². The van der Waals surface area contributed by atoms with Gasteiger partial charge in [-0.2, -0.15) is 0 Å². The minimum atomic E-state index is -0.527. The molecular formula is C20H30N2O3. The van der Waals surface area contributed by atoms with Crippen LogP contribution in [0.3, 0.4) is 0 Å². The Bertz CT molecular complexity index is 548. The molecule has 1 aromatic rings. The predicted octanol–water partition coefficient (Wildman–Crippen LogP) is 4.27. The van der Waals surface area contributed by atoms with Gasteiger partial charge in [0.15, 0.2) is 0 Å². The Morgan fingerprint density at radius 2 is 1.44 bits per heavy atom. The first-order valence-corrected chi connectivity index (χ1v) is 9.57. The Kier molecular flexibility index (Phi) is 8.43. The van der Waals surface area contributed by atoms with Crippen molar-refractivity contribution in [1.29, 1.82) is 0 Å². The van der Waals surface area contributed by atoms with Crippen LogP contribution in [0.25, 0.3) is 0 Å². The first kappa shape index (κ1) is 19.4. The van der Waals surface area contributed by atoms with Crippen LogP contribution in [0, 0.1) is 0 Å². The van der Waals surface area contributed by atoms with E-state index in [0.717, 1.165) is 25.7 Å². The van der Waals surface area contributed by atoms with E-state index in [1.807, 2.05) is 0 Å². The topological polar surface area (TPSA) is 68.3 Å². The molecule has 25 heavy (non-hydrogen) atoms. The molecule has 1 fully saturated rings. The van der Waals surface area contributed by atoms with Crippen LogP contribution in [0.1, 0.15) is 91.6 Å². The number of amides is 1. The third-order valence-electron chi connectivity index (χ3n) is 4.82. The van der Waals surface area contributed by atoms with Crippen LogP contribution in [-0.4, -0.2) is 30.0 Å². The molecule has 0 spiro atoms. The van der Waals surface area contributed by atoms with E-state index < -0.39 is 5.97 Å². The fourth-order valence-corrected chi connectivity index (χ4v) is 3.35. The lowest BCUT2D eigenvalue weighted by molar-refractivity contribution is 0.0594. The van der Waals surface area contributed by atoms with Crippen molar-refractivity contribution < 1.29 is 14.3 Å². The van der Waals surface area contributed by atoms with E-state index in [-0.39, 0.29) is 23.3 Å². The normalized spacial score (nSPS) is 17.8. The number of esters is 1. The van der Waals surface area contributed by atoms with Crippen LogP contribution >= 0.6 is 0 Å². The van der Waals surface area contributed by atoms with Gasteiger partial charge in [0, 0.05) is 6.04 Å². The molecule has 0 aromatic carbocycles. The molecule has 1 aromatic heterocycles.